The molecule has 7 heteroatoms. The van der Waals surface area contributed by atoms with Crippen LogP contribution in [0.3, 0.4) is 0 Å². The van der Waals surface area contributed by atoms with Crippen LogP contribution in [0.15, 0.2) is 18.3 Å². The molecule has 2 fully saturated rings. The molecule has 1 aromatic rings. The number of likely N-dealkylation sites (tertiary alicyclic amines) is 1. The lowest BCUT2D eigenvalue weighted by Gasteiger charge is -2.35. The maximum atomic E-state index is 13.6. The summed E-state index contributed by atoms with van der Waals surface area (Å²) in [5.74, 6) is -1.09. The number of halogens is 1. The summed E-state index contributed by atoms with van der Waals surface area (Å²) in [4.78, 5) is 30.9. The fourth-order valence-corrected chi connectivity index (χ4v) is 3.02. The standard InChI is InChI=1S/C15H18FN3O3/c1-10-9-19(15(21)22-10)11-4-7-18(8-5-11)14(20)12-3-2-6-17-13(12)16/h2-3,6,10-11H,4-5,7-9H2,1H3. The molecule has 2 aliphatic rings. The Bertz CT molecular complexity index is 587. The van der Waals surface area contributed by atoms with Crippen LogP contribution in [0.5, 0.6) is 0 Å². The van der Waals surface area contributed by atoms with Gasteiger partial charge in [-0.15, -0.1) is 0 Å². The number of aromatic nitrogens is 1. The van der Waals surface area contributed by atoms with E-state index in [1.54, 1.807) is 15.9 Å². The van der Waals surface area contributed by atoms with Gasteiger partial charge in [0.05, 0.1) is 12.1 Å². The number of carbonyl (C=O) groups excluding carboxylic acids is 2. The first kappa shape index (κ1) is 14.7. The fraction of sp³-hybridized carbons (Fsp3) is 0.533. The van der Waals surface area contributed by atoms with Crippen molar-refractivity contribution in [2.24, 2.45) is 0 Å². The smallest absolute Gasteiger partial charge is 0.410 e. The number of hydrogen-bond acceptors (Lipinski definition) is 4. The molecule has 3 rings (SSSR count). The van der Waals surface area contributed by atoms with Crippen LogP contribution in [0.2, 0.25) is 0 Å². The van der Waals surface area contributed by atoms with E-state index in [2.05, 4.69) is 4.98 Å². The van der Waals surface area contributed by atoms with E-state index in [0.717, 1.165) is 0 Å². The molecular weight excluding hydrogens is 289 g/mol. The summed E-state index contributed by atoms with van der Waals surface area (Å²) >= 11 is 0. The molecule has 22 heavy (non-hydrogen) atoms. The molecule has 0 saturated carbocycles. The van der Waals surface area contributed by atoms with E-state index in [4.69, 9.17) is 4.74 Å². The molecule has 0 aliphatic carbocycles. The molecular formula is C15H18FN3O3. The zero-order valence-corrected chi connectivity index (χ0v) is 12.4. The first-order chi connectivity index (χ1) is 10.6. The molecule has 118 valence electrons. The highest BCUT2D eigenvalue weighted by Gasteiger charge is 2.36. The Morgan fingerprint density at radius 1 is 1.41 bits per heavy atom. The topological polar surface area (TPSA) is 62.7 Å². The molecule has 2 saturated heterocycles. The lowest BCUT2D eigenvalue weighted by Crippen LogP contribution is -2.47. The summed E-state index contributed by atoms with van der Waals surface area (Å²) in [5.41, 5.74) is -0.00449. The molecule has 1 unspecified atom stereocenters. The maximum absolute atomic E-state index is 13.6. The van der Waals surface area contributed by atoms with Gasteiger partial charge >= 0.3 is 6.09 Å². The minimum absolute atomic E-state index is 0.00449. The highest BCUT2D eigenvalue weighted by Crippen LogP contribution is 2.23. The monoisotopic (exact) mass is 307 g/mol. The second kappa shape index (κ2) is 5.90. The number of rotatable bonds is 2. The lowest BCUT2D eigenvalue weighted by atomic mass is 10.0. The van der Waals surface area contributed by atoms with Gasteiger partial charge in [0.1, 0.15) is 6.10 Å². The van der Waals surface area contributed by atoms with E-state index < -0.39 is 5.95 Å². The van der Waals surface area contributed by atoms with Crippen LogP contribution in [0, 0.1) is 5.95 Å². The second-order valence-electron chi connectivity index (χ2n) is 5.71. The summed E-state index contributed by atoms with van der Waals surface area (Å²) in [6.45, 7) is 3.45. The van der Waals surface area contributed by atoms with Gasteiger partial charge in [-0.2, -0.15) is 4.39 Å². The average molecular weight is 307 g/mol. The van der Waals surface area contributed by atoms with Crippen molar-refractivity contribution in [1.29, 1.82) is 0 Å². The number of nitrogens with zero attached hydrogens (tertiary/aromatic N) is 3. The van der Waals surface area contributed by atoms with Crippen molar-refractivity contribution in [1.82, 2.24) is 14.8 Å². The van der Waals surface area contributed by atoms with Crippen LogP contribution in [-0.4, -0.2) is 58.6 Å². The third-order valence-electron chi connectivity index (χ3n) is 4.17. The number of ether oxygens (including phenoxy) is 1. The van der Waals surface area contributed by atoms with Crippen molar-refractivity contribution in [3.05, 3.63) is 29.8 Å². The van der Waals surface area contributed by atoms with Crippen LogP contribution in [0.4, 0.5) is 9.18 Å². The number of carbonyl (C=O) groups is 2. The predicted octanol–water partition coefficient (Wildman–Crippen LogP) is 1.67. The van der Waals surface area contributed by atoms with Crippen molar-refractivity contribution in [2.75, 3.05) is 19.6 Å². The number of pyridine rings is 1. The lowest BCUT2D eigenvalue weighted by molar-refractivity contribution is 0.0653. The van der Waals surface area contributed by atoms with E-state index in [0.29, 0.717) is 32.5 Å². The first-order valence-electron chi connectivity index (χ1n) is 7.43. The quantitative estimate of drug-likeness (QED) is 0.780. The first-order valence-corrected chi connectivity index (χ1v) is 7.43. The van der Waals surface area contributed by atoms with Gasteiger partial charge < -0.3 is 14.5 Å². The number of piperidine rings is 1. The fourth-order valence-electron chi connectivity index (χ4n) is 3.02. The Kier molecular flexibility index (Phi) is 3.96. The molecule has 0 bridgehead atoms. The zero-order valence-electron chi connectivity index (χ0n) is 12.4. The second-order valence-corrected chi connectivity index (χ2v) is 5.71. The minimum Gasteiger partial charge on any atom is -0.444 e. The maximum Gasteiger partial charge on any atom is 0.410 e. The Morgan fingerprint density at radius 2 is 2.14 bits per heavy atom. The predicted molar refractivity (Wildman–Crippen MR) is 75.8 cm³/mol. The van der Waals surface area contributed by atoms with E-state index >= 15 is 0 Å². The van der Waals surface area contributed by atoms with Crippen LogP contribution < -0.4 is 0 Å². The van der Waals surface area contributed by atoms with E-state index in [1.807, 2.05) is 6.92 Å². The molecule has 2 aliphatic heterocycles. The molecule has 0 aromatic carbocycles. The van der Waals surface area contributed by atoms with Gasteiger partial charge in [0, 0.05) is 25.3 Å². The van der Waals surface area contributed by atoms with Gasteiger partial charge in [0.15, 0.2) is 0 Å². The van der Waals surface area contributed by atoms with E-state index in [9.17, 15) is 14.0 Å². The van der Waals surface area contributed by atoms with Gasteiger partial charge in [-0.05, 0) is 31.9 Å². The van der Waals surface area contributed by atoms with Gasteiger partial charge in [-0.25, -0.2) is 9.78 Å². The van der Waals surface area contributed by atoms with Crippen molar-refractivity contribution < 1.29 is 18.7 Å². The third-order valence-corrected chi connectivity index (χ3v) is 4.17. The largest absolute Gasteiger partial charge is 0.444 e. The average Bonchev–Trinajstić information content (AvgIpc) is 2.86. The van der Waals surface area contributed by atoms with Crippen molar-refractivity contribution in [3.8, 4) is 0 Å². The minimum atomic E-state index is -0.744. The Morgan fingerprint density at radius 3 is 2.73 bits per heavy atom. The van der Waals surface area contributed by atoms with Gasteiger partial charge in [-0.1, -0.05) is 0 Å². The summed E-state index contributed by atoms with van der Waals surface area (Å²) < 4.78 is 18.7. The summed E-state index contributed by atoms with van der Waals surface area (Å²) in [5, 5.41) is 0. The number of hydrogen-bond donors (Lipinski definition) is 0. The van der Waals surface area contributed by atoms with Crippen LogP contribution >= 0.6 is 0 Å². The molecule has 0 N–H and O–H groups in total. The van der Waals surface area contributed by atoms with Crippen molar-refractivity contribution >= 4 is 12.0 Å². The van der Waals surface area contributed by atoms with Crippen LogP contribution in [0.25, 0.3) is 0 Å². The highest BCUT2D eigenvalue weighted by molar-refractivity contribution is 5.94. The SMILES string of the molecule is CC1CN(C2CCN(C(=O)c3cccnc3F)CC2)C(=O)O1. The number of amides is 2. The Labute approximate surface area is 127 Å². The van der Waals surface area contributed by atoms with Gasteiger partial charge in [0.2, 0.25) is 5.95 Å². The summed E-state index contributed by atoms with van der Waals surface area (Å²) in [6.07, 6.45) is 2.30. The van der Waals surface area contributed by atoms with Gasteiger partial charge in [-0.3, -0.25) is 4.79 Å². The summed E-state index contributed by atoms with van der Waals surface area (Å²) in [6, 6.07) is 3.07. The highest BCUT2D eigenvalue weighted by atomic mass is 19.1. The molecule has 0 radical (unpaired) electrons. The van der Waals surface area contributed by atoms with Crippen LogP contribution in [-0.2, 0) is 4.74 Å². The summed E-state index contributed by atoms with van der Waals surface area (Å²) in [7, 11) is 0. The molecule has 1 atom stereocenters. The Hall–Kier alpha value is -2.18. The van der Waals surface area contributed by atoms with Crippen molar-refractivity contribution in [3.63, 3.8) is 0 Å². The van der Waals surface area contributed by atoms with Crippen LogP contribution in [0.1, 0.15) is 30.1 Å². The zero-order chi connectivity index (χ0) is 15.7. The molecule has 0 spiro atoms. The third kappa shape index (κ3) is 2.75. The normalized spacial score (nSPS) is 22.8. The molecule has 6 nitrogen and oxygen atoms in total. The van der Waals surface area contributed by atoms with Gasteiger partial charge in [0.25, 0.3) is 5.91 Å². The van der Waals surface area contributed by atoms with E-state index in [1.165, 1.54) is 12.3 Å². The van der Waals surface area contributed by atoms with E-state index in [-0.39, 0.29) is 29.7 Å². The Balaban J connectivity index is 1.61. The number of cyclic esters (lactones) is 1. The van der Waals surface area contributed by atoms with Crippen molar-refractivity contribution in [2.45, 2.75) is 31.9 Å². The molecule has 3 heterocycles. The molecule has 2 amide bonds. The molecule has 1 aromatic heterocycles.